The molecule has 0 saturated carbocycles. The average Bonchev–Trinajstić information content (AvgIpc) is 3.04. The number of nitrogens with zero attached hydrogens (tertiary/aromatic N) is 3. The SMILES string of the molecule is Cc1cc(C=C2N=C(c3ccccc3)OC2=O)c(C)n1CC#N. The van der Waals surface area contributed by atoms with E-state index in [1.165, 1.54) is 0 Å². The number of aryl methyl sites for hydroxylation is 1. The molecule has 0 amide bonds. The number of carbonyl (C=O) groups excluding carboxylic acids is 1. The number of cyclic esters (lactones) is 1. The van der Waals surface area contributed by atoms with E-state index in [9.17, 15) is 4.79 Å². The van der Waals surface area contributed by atoms with Crippen molar-refractivity contribution in [2.75, 3.05) is 0 Å². The summed E-state index contributed by atoms with van der Waals surface area (Å²) >= 11 is 0. The summed E-state index contributed by atoms with van der Waals surface area (Å²) in [6.45, 7) is 4.13. The number of rotatable bonds is 3. The zero-order chi connectivity index (χ0) is 16.4. The van der Waals surface area contributed by atoms with Crippen molar-refractivity contribution in [2.24, 2.45) is 4.99 Å². The highest BCUT2D eigenvalue weighted by atomic mass is 16.6. The number of benzene rings is 1. The van der Waals surface area contributed by atoms with Gasteiger partial charge in [-0.3, -0.25) is 0 Å². The summed E-state index contributed by atoms with van der Waals surface area (Å²) in [5.74, 6) is -0.151. The molecule has 2 heterocycles. The molecular weight excluding hydrogens is 290 g/mol. The van der Waals surface area contributed by atoms with Crippen LogP contribution in [0.15, 0.2) is 47.1 Å². The van der Waals surface area contributed by atoms with Gasteiger partial charge in [-0.05, 0) is 43.7 Å². The Labute approximate surface area is 134 Å². The maximum atomic E-state index is 12.0. The molecule has 2 aromatic rings. The molecule has 0 saturated heterocycles. The van der Waals surface area contributed by atoms with E-state index >= 15 is 0 Å². The van der Waals surface area contributed by atoms with Crippen LogP contribution < -0.4 is 0 Å². The van der Waals surface area contributed by atoms with Gasteiger partial charge < -0.3 is 9.30 Å². The summed E-state index contributed by atoms with van der Waals surface area (Å²) in [5, 5.41) is 8.88. The number of nitriles is 1. The Hall–Kier alpha value is -3.13. The summed E-state index contributed by atoms with van der Waals surface area (Å²) in [7, 11) is 0. The third-order valence-electron chi connectivity index (χ3n) is 3.78. The first-order valence-corrected chi connectivity index (χ1v) is 7.22. The molecule has 1 aliphatic heterocycles. The first-order chi connectivity index (χ1) is 11.1. The number of esters is 1. The van der Waals surface area contributed by atoms with Gasteiger partial charge in [-0.1, -0.05) is 18.2 Å². The molecule has 0 radical (unpaired) electrons. The lowest BCUT2D eigenvalue weighted by Crippen LogP contribution is -2.05. The van der Waals surface area contributed by atoms with Crippen LogP contribution in [0.4, 0.5) is 0 Å². The Morgan fingerprint density at radius 2 is 2.04 bits per heavy atom. The molecule has 0 aliphatic carbocycles. The van der Waals surface area contributed by atoms with Gasteiger partial charge in [-0.15, -0.1) is 0 Å². The van der Waals surface area contributed by atoms with E-state index in [1.807, 2.05) is 54.8 Å². The van der Waals surface area contributed by atoms with Crippen LogP contribution in [0.25, 0.3) is 6.08 Å². The maximum absolute atomic E-state index is 12.0. The highest BCUT2D eigenvalue weighted by Crippen LogP contribution is 2.22. The minimum Gasteiger partial charge on any atom is -0.402 e. The van der Waals surface area contributed by atoms with Gasteiger partial charge in [0.1, 0.15) is 6.54 Å². The molecule has 1 aromatic carbocycles. The predicted molar refractivity (Wildman–Crippen MR) is 86.6 cm³/mol. The second-order valence-electron chi connectivity index (χ2n) is 5.27. The zero-order valence-corrected chi connectivity index (χ0v) is 12.9. The summed E-state index contributed by atoms with van der Waals surface area (Å²) in [4.78, 5) is 16.3. The van der Waals surface area contributed by atoms with Crippen LogP contribution in [0.2, 0.25) is 0 Å². The molecular formula is C18H15N3O2. The van der Waals surface area contributed by atoms with Gasteiger partial charge in [0.05, 0.1) is 6.07 Å². The molecule has 5 nitrogen and oxygen atoms in total. The first kappa shape index (κ1) is 14.8. The Morgan fingerprint density at radius 1 is 1.30 bits per heavy atom. The fourth-order valence-electron chi connectivity index (χ4n) is 2.55. The van der Waals surface area contributed by atoms with Crippen molar-refractivity contribution in [1.82, 2.24) is 4.57 Å². The summed E-state index contributed by atoms with van der Waals surface area (Å²) in [6.07, 6.45) is 1.70. The Balaban J connectivity index is 1.97. The number of hydrogen-bond donors (Lipinski definition) is 0. The topological polar surface area (TPSA) is 67.4 Å². The largest absolute Gasteiger partial charge is 0.402 e. The fraction of sp³-hybridized carbons (Fsp3) is 0.167. The third-order valence-corrected chi connectivity index (χ3v) is 3.78. The molecule has 114 valence electrons. The minimum absolute atomic E-state index is 0.265. The predicted octanol–water partition coefficient (Wildman–Crippen LogP) is 2.97. The highest BCUT2D eigenvalue weighted by Gasteiger charge is 2.24. The third kappa shape index (κ3) is 2.79. The molecule has 0 fully saturated rings. The summed E-state index contributed by atoms with van der Waals surface area (Å²) in [5.41, 5.74) is 3.78. The first-order valence-electron chi connectivity index (χ1n) is 7.22. The summed E-state index contributed by atoms with van der Waals surface area (Å²) in [6, 6.07) is 13.4. The van der Waals surface area contributed by atoms with Crippen LogP contribution in [0.3, 0.4) is 0 Å². The smallest absolute Gasteiger partial charge is 0.363 e. The number of aromatic nitrogens is 1. The van der Waals surface area contributed by atoms with Gasteiger partial charge in [-0.25, -0.2) is 9.79 Å². The molecule has 0 bridgehead atoms. The van der Waals surface area contributed by atoms with Crippen molar-refractivity contribution in [3.8, 4) is 6.07 Å². The Bertz CT molecular complexity index is 868. The lowest BCUT2D eigenvalue weighted by Gasteiger charge is -2.02. The number of carbonyl (C=O) groups is 1. The lowest BCUT2D eigenvalue weighted by atomic mass is 10.2. The quantitative estimate of drug-likeness (QED) is 0.646. The monoisotopic (exact) mass is 305 g/mol. The second-order valence-corrected chi connectivity index (χ2v) is 5.27. The minimum atomic E-state index is -0.464. The number of ether oxygens (including phenoxy) is 1. The van der Waals surface area contributed by atoms with E-state index in [0.717, 1.165) is 22.5 Å². The van der Waals surface area contributed by atoms with E-state index in [0.29, 0.717) is 5.90 Å². The highest BCUT2D eigenvalue weighted by molar-refractivity contribution is 6.12. The average molecular weight is 305 g/mol. The van der Waals surface area contributed by atoms with Gasteiger partial charge in [0.2, 0.25) is 5.90 Å². The van der Waals surface area contributed by atoms with E-state index in [1.54, 1.807) is 6.08 Å². The van der Waals surface area contributed by atoms with Crippen LogP contribution in [0.1, 0.15) is 22.5 Å². The van der Waals surface area contributed by atoms with Crippen molar-refractivity contribution < 1.29 is 9.53 Å². The molecule has 0 N–H and O–H groups in total. The molecule has 0 spiro atoms. The molecule has 3 rings (SSSR count). The standard InChI is InChI=1S/C18H15N3O2/c1-12-10-15(13(2)21(12)9-8-19)11-16-18(22)23-17(20-16)14-6-4-3-5-7-14/h3-7,10-11H,9H2,1-2H3. The molecule has 0 unspecified atom stereocenters. The van der Waals surface area contributed by atoms with Gasteiger partial charge in [0.15, 0.2) is 5.70 Å². The second kappa shape index (κ2) is 5.93. The molecule has 23 heavy (non-hydrogen) atoms. The normalized spacial score (nSPS) is 15.4. The van der Waals surface area contributed by atoms with Crippen LogP contribution in [0.5, 0.6) is 0 Å². The lowest BCUT2D eigenvalue weighted by molar-refractivity contribution is -0.129. The Kier molecular flexibility index (Phi) is 3.82. The number of hydrogen-bond acceptors (Lipinski definition) is 4. The summed E-state index contributed by atoms with van der Waals surface area (Å²) < 4.78 is 7.14. The van der Waals surface area contributed by atoms with Gasteiger partial charge in [0, 0.05) is 17.0 Å². The van der Waals surface area contributed by atoms with E-state index in [2.05, 4.69) is 11.1 Å². The van der Waals surface area contributed by atoms with E-state index in [4.69, 9.17) is 10.00 Å². The zero-order valence-electron chi connectivity index (χ0n) is 12.9. The van der Waals surface area contributed by atoms with Crippen LogP contribution in [-0.4, -0.2) is 16.4 Å². The number of aliphatic imine (C=N–C) groups is 1. The van der Waals surface area contributed by atoms with Crippen molar-refractivity contribution in [1.29, 1.82) is 5.26 Å². The van der Waals surface area contributed by atoms with Crippen LogP contribution in [0, 0.1) is 25.2 Å². The molecule has 5 heteroatoms. The van der Waals surface area contributed by atoms with Crippen LogP contribution >= 0.6 is 0 Å². The van der Waals surface area contributed by atoms with E-state index < -0.39 is 5.97 Å². The molecule has 1 aliphatic rings. The Morgan fingerprint density at radius 3 is 2.74 bits per heavy atom. The van der Waals surface area contributed by atoms with Gasteiger partial charge >= 0.3 is 5.97 Å². The molecule has 1 aromatic heterocycles. The van der Waals surface area contributed by atoms with Gasteiger partial charge in [-0.2, -0.15) is 5.26 Å². The fourth-order valence-corrected chi connectivity index (χ4v) is 2.55. The van der Waals surface area contributed by atoms with Crippen molar-refractivity contribution in [2.45, 2.75) is 20.4 Å². The van der Waals surface area contributed by atoms with Crippen LogP contribution in [-0.2, 0) is 16.1 Å². The maximum Gasteiger partial charge on any atom is 0.363 e. The van der Waals surface area contributed by atoms with Crippen molar-refractivity contribution in [3.63, 3.8) is 0 Å². The van der Waals surface area contributed by atoms with Crippen molar-refractivity contribution in [3.05, 3.63) is 64.6 Å². The van der Waals surface area contributed by atoms with Crippen molar-refractivity contribution >= 4 is 17.9 Å². The van der Waals surface area contributed by atoms with E-state index in [-0.39, 0.29) is 12.2 Å². The molecule has 0 atom stereocenters. The van der Waals surface area contributed by atoms with Gasteiger partial charge in [0.25, 0.3) is 0 Å².